The van der Waals surface area contributed by atoms with Gasteiger partial charge in [0.1, 0.15) is 5.65 Å². The highest BCUT2D eigenvalue weighted by atomic mass is 16.1. The molecule has 2 aromatic heterocycles. The molecule has 1 atom stereocenters. The van der Waals surface area contributed by atoms with Crippen LogP contribution in [0.2, 0.25) is 0 Å². The molecule has 30 heavy (non-hydrogen) atoms. The number of likely N-dealkylation sites (N-methyl/N-ethyl adjacent to an activating group) is 1. The normalized spacial score (nSPS) is 15.7. The number of rotatable bonds is 7. The third kappa shape index (κ3) is 4.54. The van der Waals surface area contributed by atoms with E-state index in [4.69, 9.17) is 4.98 Å². The van der Waals surface area contributed by atoms with Crippen LogP contribution in [-0.2, 0) is 6.42 Å². The molecule has 3 aromatic rings. The smallest absolute Gasteiger partial charge is 0.256 e. The summed E-state index contributed by atoms with van der Waals surface area (Å²) in [4.78, 5) is 25.0. The average Bonchev–Trinajstić information content (AvgIpc) is 3.23. The Hall–Kier alpha value is -2.73. The Bertz CT molecular complexity index is 1050. The number of nitrogens with one attached hydrogen (secondary N) is 1. The number of hydrogen-bond donors (Lipinski definition) is 1. The van der Waals surface area contributed by atoms with Crippen molar-refractivity contribution in [3.05, 3.63) is 64.1 Å². The predicted octanol–water partition coefficient (Wildman–Crippen LogP) is 3.86. The maximum Gasteiger partial charge on any atom is 0.256 e. The van der Waals surface area contributed by atoms with Gasteiger partial charge in [0.2, 0.25) is 5.95 Å². The average molecular weight is 406 g/mol. The van der Waals surface area contributed by atoms with Gasteiger partial charge in [-0.25, -0.2) is 4.98 Å². The fourth-order valence-electron chi connectivity index (χ4n) is 4.50. The highest BCUT2D eigenvalue weighted by molar-refractivity contribution is 5.76. The molecular formula is C24H31N5O. The largest absolute Gasteiger partial charge is 0.350 e. The first kappa shape index (κ1) is 20.5. The van der Waals surface area contributed by atoms with Gasteiger partial charge in [-0.15, -0.1) is 0 Å². The van der Waals surface area contributed by atoms with Gasteiger partial charge >= 0.3 is 0 Å². The third-order valence-corrected chi connectivity index (χ3v) is 5.79. The summed E-state index contributed by atoms with van der Waals surface area (Å²) >= 11 is 0. The standard InChI is InChI=1S/C24H31N5O/c1-17(16-28(2)3)26-24-25-15-20-14-19(13-18-9-5-4-6-10-18)23(30)29(22(20)27-24)21-11-7-8-12-21/h4-6,9-10,14-15,17,21H,7-8,11-13,16H2,1-3H3,(H,25,26,27). The molecule has 1 aliphatic carbocycles. The molecule has 1 saturated carbocycles. The lowest BCUT2D eigenvalue weighted by Crippen LogP contribution is -2.31. The fraction of sp³-hybridized carbons (Fsp3) is 0.458. The van der Waals surface area contributed by atoms with Gasteiger partial charge in [-0.3, -0.25) is 9.36 Å². The number of hydrogen-bond acceptors (Lipinski definition) is 5. The molecular weight excluding hydrogens is 374 g/mol. The summed E-state index contributed by atoms with van der Waals surface area (Å²) in [6.07, 6.45) is 6.88. The molecule has 1 N–H and O–H groups in total. The van der Waals surface area contributed by atoms with E-state index in [1.54, 1.807) is 0 Å². The number of fused-ring (bicyclic) bond motifs is 1. The van der Waals surface area contributed by atoms with E-state index in [1.807, 2.05) is 49.1 Å². The van der Waals surface area contributed by atoms with Gasteiger partial charge in [0.05, 0.1) is 0 Å². The molecule has 0 radical (unpaired) electrons. The van der Waals surface area contributed by atoms with Crippen LogP contribution in [0.4, 0.5) is 5.95 Å². The van der Waals surface area contributed by atoms with E-state index in [1.165, 1.54) is 0 Å². The van der Waals surface area contributed by atoms with Crippen molar-refractivity contribution in [1.29, 1.82) is 0 Å². The Balaban J connectivity index is 1.76. The van der Waals surface area contributed by atoms with Crippen LogP contribution in [0.3, 0.4) is 0 Å². The number of pyridine rings is 1. The van der Waals surface area contributed by atoms with E-state index in [2.05, 4.69) is 34.3 Å². The first-order valence-corrected chi connectivity index (χ1v) is 10.9. The molecule has 4 rings (SSSR count). The van der Waals surface area contributed by atoms with Gasteiger partial charge in [-0.1, -0.05) is 43.2 Å². The topological polar surface area (TPSA) is 63.1 Å². The van der Waals surface area contributed by atoms with Gasteiger partial charge in [-0.2, -0.15) is 4.98 Å². The molecule has 6 nitrogen and oxygen atoms in total. The molecule has 0 spiro atoms. The van der Waals surface area contributed by atoms with E-state index in [0.29, 0.717) is 12.4 Å². The lowest BCUT2D eigenvalue weighted by atomic mass is 10.0. The van der Waals surface area contributed by atoms with Crippen molar-refractivity contribution in [3.63, 3.8) is 0 Å². The summed E-state index contributed by atoms with van der Waals surface area (Å²) < 4.78 is 1.95. The van der Waals surface area contributed by atoms with Crippen LogP contribution < -0.4 is 10.9 Å². The predicted molar refractivity (Wildman–Crippen MR) is 122 cm³/mol. The number of aromatic nitrogens is 3. The molecule has 1 aliphatic rings. The van der Waals surface area contributed by atoms with Crippen LogP contribution >= 0.6 is 0 Å². The summed E-state index contributed by atoms with van der Waals surface area (Å²) in [5.41, 5.74) is 2.79. The van der Waals surface area contributed by atoms with Gasteiger partial charge < -0.3 is 10.2 Å². The van der Waals surface area contributed by atoms with Crippen LogP contribution in [0, 0.1) is 0 Å². The highest BCUT2D eigenvalue weighted by Crippen LogP contribution is 2.31. The van der Waals surface area contributed by atoms with Gasteiger partial charge in [-0.05, 0) is 45.5 Å². The van der Waals surface area contributed by atoms with Crippen molar-refractivity contribution < 1.29 is 0 Å². The fourth-order valence-corrected chi connectivity index (χ4v) is 4.50. The Morgan fingerprint density at radius 1 is 1.20 bits per heavy atom. The molecule has 0 saturated heterocycles. The van der Waals surface area contributed by atoms with Crippen molar-refractivity contribution in [2.24, 2.45) is 0 Å². The highest BCUT2D eigenvalue weighted by Gasteiger charge is 2.23. The maximum atomic E-state index is 13.5. The Labute approximate surface area is 178 Å². The lowest BCUT2D eigenvalue weighted by molar-refractivity contribution is 0.391. The van der Waals surface area contributed by atoms with E-state index in [-0.39, 0.29) is 17.6 Å². The zero-order valence-corrected chi connectivity index (χ0v) is 18.1. The molecule has 6 heteroatoms. The number of nitrogens with zero attached hydrogens (tertiary/aromatic N) is 4. The van der Waals surface area contributed by atoms with E-state index in [0.717, 1.165) is 54.4 Å². The lowest BCUT2D eigenvalue weighted by Gasteiger charge is -2.20. The van der Waals surface area contributed by atoms with Crippen molar-refractivity contribution in [3.8, 4) is 0 Å². The molecule has 0 amide bonds. The maximum absolute atomic E-state index is 13.5. The van der Waals surface area contributed by atoms with Crippen molar-refractivity contribution in [1.82, 2.24) is 19.4 Å². The van der Waals surface area contributed by atoms with E-state index >= 15 is 0 Å². The molecule has 1 aromatic carbocycles. The van der Waals surface area contributed by atoms with Gasteiger partial charge in [0.15, 0.2) is 0 Å². The van der Waals surface area contributed by atoms with E-state index in [9.17, 15) is 4.79 Å². The molecule has 1 unspecified atom stereocenters. The first-order valence-electron chi connectivity index (χ1n) is 10.9. The zero-order valence-electron chi connectivity index (χ0n) is 18.1. The number of anilines is 1. The molecule has 0 bridgehead atoms. The van der Waals surface area contributed by atoms with Crippen LogP contribution in [0.1, 0.15) is 49.8 Å². The van der Waals surface area contributed by atoms with Crippen LogP contribution in [0.15, 0.2) is 47.4 Å². The van der Waals surface area contributed by atoms with Gasteiger partial charge in [0.25, 0.3) is 5.56 Å². The zero-order chi connectivity index (χ0) is 21.1. The Morgan fingerprint density at radius 3 is 2.63 bits per heavy atom. The second kappa shape index (κ2) is 8.96. The molecule has 2 heterocycles. The Kier molecular flexibility index (Phi) is 6.13. The molecule has 1 fully saturated rings. The van der Waals surface area contributed by atoms with Crippen molar-refractivity contribution in [2.75, 3.05) is 26.0 Å². The van der Waals surface area contributed by atoms with Crippen LogP contribution in [-0.4, -0.2) is 46.1 Å². The summed E-state index contributed by atoms with van der Waals surface area (Å²) in [5, 5.41) is 4.31. The number of benzene rings is 1. The van der Waals surface area contributed by atoms with Gasteiger partial charge in [0, 0.05) is 42.2 Å². The molecule has 0 aliphatic heterocycles. The van der Waals surface area contributed by atoms with Crippen LogP contribution in [0.5, 0.6) is 0 Å². The molecule has 158 valence electrons. The van der Waals surface area contributed by atoms with E-state index < -0.39 is 0 Å². The minimum absolute atomic E-state index is 0.0873. The first-order chi connectivity index (χ1) is 14.5. The minimum atomic E-state index is 0.0873. The van der Waals surface area contributed by atoms with Crippen molar-refractivity contribution >= 4 is 17.0 Å². The Morgan fingerprint density at radius 2 is 1.93 bits per heavy atom. The second-order valence-corrected chi connectivity index (χ2v) is 8.73. The summed E-state index contributed by atoms with van der Waals surface area (Å²) in [5.74, 6) is 0.582. The summed E-state index contributed by atoms with van der Waals surface area (Å²) in [6, 6.07) is 12.6. The van der Waals surface area contributed by atoms with Crippen LogP contribution in [0.25, 0.3) is 11.0 Å². The monoisotopic (exact) mass is 405 g/mol. The van der Waals surface area contributed by atoms with Crippen molar-refractivity contribution in [2.45, 2.75) is 51.1 Å². The third-order valence-electron chi connectivity index (χ3n) is 5.79. The summed E-state index contributed by atoms with van der Waals surface area (Å²) in [7, 11) is 4.09. The summed E-state index contributed by atoms with van der Waals surface area (Å²) in [6.45, 7) is 2.99. The second-order valence-electron chi connectivity index (χ2n) is 8.73. The quantitative estimate of drug-likeness (QED) is 0.647. The SMILES string of the molecule is CC(CN(C)C)Nc1ncc2cc(Cc3ccccc3)c(=O)n(C3CCCC3)c2n1. The minimum Gasteiger partial charge on any atom is -0.350 e.